The van der Waals surface area contributed by atoms with Crippen molar-refractivity contribution < 1.29 is 4.42 Å². The Bertz CT molecular complexity index is 3310. The van der Waals surface area contributed by atoms with E-state index in [2.05, 4.69) is 235 Å². The molecular formula is C58H39NO. The fourth-order valence-electron chi connectivity index (χ4n) is 8.68. The van der Waals surface area contributed by atoms with Crippen LogP contribution in [0.3, 0.4) is 0 Å². The first-order chi connectivity index (χ1) is 29.7. The molecule has 0 saturated heterocycles. The molecule has 0 N–H and O–H groups in total. The van der Waals surface area contributed by atoms with Gasteiger partial charge in [-0.15, -0.1) is 0 Å². The summed E-state index contributed by atoms with van der Waals surface area (Å²) in [4.78, 5) is 2.40. The van der Waals surface area contributed by atoms with Crippen LogP contribution in [0, 0.1) is 0 Å². The first-order valence-electron chi connectivity index (χ1n) is 20.5. The van der Waals surface area contributed by atoms with E-state index in [1.165, 1.54) is 49.7 Å². The summed E-state index contributed by atoms with van der Waals surface area (Å²) in [6.45, 7) is 0. The highest BCUT2D eigenvalue weighted by Crippen LogP contribution is 2.45. The van der Waals surface area contributed by atoms with Crippen LogP contribution in [0.4, 0.5) is 17.1 Å². The summed E-state index contributed by atoms with van der Waals surface area (Å²) in [7, 11) is 0. The van der Waals surface area contributed by atoms with E-state index in [1.807, 2.05) is 6.07 Å². The van der Waals surface area contributed by atoms with Crippen LogP contribution in [-0.4, -0.2) is 0 Å². The number of furan rings is 1. The number of hydrogen-bond acceptors (Lipinski definition) is 2. The second-order valence-corrected chi connectivity index (χ2v) is 15.3. The van der Waals surface area contributed by atoms with Crippen molar-refractivity contribution in [3.8, 4) is 55.6 Å². The van der Waals surface area contributed by atoms with Crippen LogP contribution < -0.4 is 4.90 Å². The first-order valence-corrected chi connectivity index (χ1v) is 20.5. The summed E-state index contributed by atoms with van der Waals surface area (Å²) < 4.78 is 6.39. The van der Waals surface area contributed by atoms with Crippen molar-refractivity contribution in [2.75, 3.05) is 4.90 Å². The normalized spacial score (nSPS) is 11.3. The van der Waals surface area contributed by atoms with Crippen LogP contribution in [0.15, 0.2) is 241 Å². The number of fused-ring (bicyclic) bond motifs is 4. The maximum absolute atomic E-state index is 6.39. The molecule has 60 heavy (non-hydrogen) atoms. The van der Waals surface area contributed by atoms with Crippen LogP contribution in [-0.2, 0) is 0 Å². The van der Waals surface area contributed by atoms with Gasteiger partial charge in [0.15, 0.2) is 0 Å². The average Bonchev–Trinajstić information content (AvgIpc) is 3.72. The molecule has 0 radical (unpaired) electrons. The largest absolute Gasteiger partial charge is 0.456 e. The van der Waals surface area contributed by atoms with Crippen LogP contribution in [0.25, 0.3) is 88.3 Å². The lowest BCUT2D eigenvalue weighted by molar-refractivity contribution is 0.669. The zero-order valence-corrected chi connectivity index (χ0v) is 32.9. The standard InChI is InChI=1S/C58H39NO/c1-2-13-40(14-3-1)42-27-29-43(30-28-42)44-33-35-50(36-34-44)59(55-24-8-6-21-52(55)53-23-12-26-57-58(53)54-22-7-9-25-56(54)60-57)51-20-11-19-48(39-51)46-17-10-18-47(38-46)49-32-31-41-15-4-5-16-45(41)37-49/h1-39H. The van der Waals surface area contributed by atoms with Crippen molar-refractivity contribution in [2.45, 2.75) is 0 Å². The Labute approximate surface area is 349 Å². The van der Waals surface area contributed by atoms with Gasteiger partial charge in [0.2, 0.25) is 0 Å². The summed E-state index contributed by atoms with van der Waals surface area (Å²) in [5, 5.41) is 4.72. The minimum atomic E-state index is 0.881. The molecule has 0 fully saturated rings. The van der Waals surface area contributed by atoms with E-state index < -0.39 is 0 Å². The maximum Gasteiger partial charge on any atom is 0.136 e. The molecule has 0 unspecified atom stereocenters. The van der Waals surface area contributed by atoms with Crippen LogP contribution in [0.2, 0.25) is 0 Å². The predicted molar refractivity (Wildman–Crippen MR) is 253 cm³/mol. The molecule has 11 rings (SSSR count). The van der Waals surface area contributed by atoms with Gasteiger partial charge in [0.1, 0.15) is 11.2 Å². The molecule has 282 valence electrons. The van der Waals surface area contributed by atoms with Gasteiger partial charge >= 0.3 is 0 Å². The predicted octanol–water partition coefficient (Wildman–Crippen LogP) is 16.5. The van der Waals surface area contributed by atoms with Gasteiger partial charge < -0.3 is 9.32 Å². The fourth-order valence-corrected chi connectivity index (χ4v) is 8.68. The highest BCUT2D eigenvalue weighted by Gasteiger charge is 2.21. The van der Waals surface area contributed by atoms with E-state index in [0.717, 1.165) is 55.7 Å². The van der Waals surface area contributed by atoms with Crippen molar-refractivity contribution in [2.24, 2.45) is 0 Å². The summed E-state index contributed by atoms with van der Waals surface area (Å²) in [5.41, 5.74) is 16.7. The molecule has 2 heteroatoms. The lowest BCUT2D eigenvalue weighted by Gasteiger charge is -2.28. The van der Waals surface area contributed by atoms with E-state index in [9.17, 15) is 0 Å². The number of hydrogen-bond donors (Lipinski definition) is 0. The molecule has 0 aliphatic heterocycles. The van der Waals surface area contributed by atoms with Gasteiger partial charge in [-0.3, -0.25) is 0 Å². The number of nitrogens with zero attached hydrogens (tertiary/aromatic N) is 1. The molecule has 2 nitrogen and oxygen atoms in total. The molecule has 0 bridgehead atoms. The van der Waals surface area contributed by atoms with Gasteiger partial charge in [-0.25, -0.2) is 0 Å². The second-order valence-electron chi connectivity index (χ2n) is 15.3. The number of rotatable bonds is 8. The third kappa shape index (κ3) is 6.51. The monoisotopic (exact) mass is 765 g/mol. The number of benzene rings is 10. The average molecular weight is 766 g/mol. The quantitative estimate of drug-likeness (QED) is 0.153. The van der Waals surface area contributed by atoms with Crippen molar-refractivity contribution >= 4 is 49.8 Å². The Morgan fingerprint density at radius 2 is 0.800 bits per heavy atom. The Morgan fingerprint density at radius 3 is 1.58 bits per heavy atom. The molecule has 1 aromatic heterocycles. The van der Waals surface area contributed by atoms with Crippen molar-refractivity contribution in [1.29, 1.82) is 0 Å². The van der Waals surface area contributed by atoms with Crippen LogP contribution >= 0.6 is 0 Å². The lowest BCUT2D eigenvalue weighted by atomic mass is 9.95. The van der Waals surface area contributed by atoms with Crippen molar-refractivity contribution in [3.63, 3.8) is 0 Å². The smallest absolute Gasteiger partial charge is 0.136 e. The van der Waals surface area contributed by atoms with E-state index in [1.54, 1.807) is 0 Å². The maximum atomic E-state index is 6.39. The van der Waals surface area contributed by atoms with E-state index in [-0.39, 0.29) is 0 Å². The zero-order valence-electron chi connectivity index (χ0n) is 32.9. The van der Waals surface area contributed by atoms with Gasteiger partial charge in [0.05, 0.1) is 5.69 Å². The van der Waals surface area contributed by atoms with Gasteiger partial charge in [0, 0.05) is 27.7 Å². The SMILES string of the molecule is c1ccc(-c2ccc(-c3ccc(N(c4cccc(-c5cccc(-c6ccc7ccccc7c6)c5)c4)c4ccccc4-c4cccc5oc6ccccc6c45)cc3)cc2)cc1. The Hall–Kier alpha value is -7.94. The van der Waals surface area contributed by atoms with Crippen molar-refractivity contribution in [1.82, 2.24) is 0 Å². The van der Waals surface area contributed by atoms with Gasteiger partial charge in [-0.1, -0.05) is 182 Å². The molecule has 10 aromatic carbocycles. The summed E-state index contributed by atoms with van der Waals surface area (Å²) >= 11 is 0. The fraction of sp³-hybridized carbons (Fsp3) is 0. The molecular weight excluding hydrogens is 727 g/mol. The molecule has 0 amide bonds. The molecule has 0 saturated carbocycles. The highest BCUT2D eigenvalue weighted by atomic mass is 16.3. The van der Waals surface area contributed by atoms with Crippen LogP contribution in [0.1, 0.15) is 0 Å². The molecule has 0 atom stereocenters. The third-order valence-electron chi connectivity index (χ3n) is 11.7. The molecule has 0 aliphatic carbocycles. The Balaban J connectivity index is 1.03. The second kappa shape index (κ2) is 15.1. The van der Waals surface area contributed by atoms with E-state index in [4.69, 9.17) is 4.42 Å². The third-order valence-corrected chi connectivity index (χ3v) is 11.7. The molecule has 0 spiro atoms. The van der Waals surface area contributed by atoms with Crippen molar-refractivity contribution in [3.05, 3.63) is 237 Å². The summed E-state index contributed by atoms with van der Waals surface area (Å²) in [6, 6.07) is 84.9. The summed E-state index contributed by atoms with van der Waals surface area (Å²) in [5.74, 6) is 0. The van der Waals surface area contributed by atoms with Gasteiger partial charge in [-0.05, 0) is 115 Å². The minimum absolute atomic E-state index is 0.881. The Morgan fingerprint density at radius 1 is 0.283 bits per heavy atom. The number of anilines is 3. The van der Waals surface area contributed by atoms with E-state index >= 15 is 0 Å². The topological polar surface area (TPSA) is 16.4 Å². The highest BCUT2D eigenvalue weighted by molar-refractivity contribution is 6.14. The minimum Gasteiger partial charge on any atom is -0.456 e. The molecule has 1 heterocycles. The number of para-hydroxylation sites is 2. The summed E-state index contributed by atoms with van der Waals surface area (Å²) in [6.07, 6.45) is 0. The first kappa shape index (κ1) is 35.2. The van der Waals surface area contributed by atoms with Gasteiger partial charge in [0.25, 0.3) is 0 Å². The molecule has 0 aliphatic rings. The van der Waals surface area contributed by atoms with E-state index in [0.29, 0.717) is 0 Å². The lowest BCUT2D eigenvalue weighted by Crippen LogP contribution is -2.11. The zero-order chi connectivity index (χ0) is 39.8. The van der Waals surface area contributed by atoms with Gasteiger partial charge in [-0.2, -0.15) is 0 Å². The molecule has 11 aromatic rings. The Kier molecular flexibility index (Phi) is 8.87. The van der Waals surface area contributed by atoms with Crippen LogP contribution in [0.5, 0.6) is 0 Å².